The lowest BCUT2D eigenvalue weighted by Gasteiger charge is -2.09. The highest BCUT2D eigenvalue weighted by atomic mass is 16.4. The molecule has 2 aromatic rings. The summed E-state index contributed by atoms with van der Waals surface area (Å²) in [7, 11) is 1.80. The minimum absolute atomic E-state index is 0.205. The van der Waals surface area contributed by atoms with E-state index in [-0.39, 0.29) is 5.56 Å². The Kier molecular flexibility index (Phi) is 3.74. The van der Waals surface area contributed by atoms with Gasteiger partial charge in [0.15, 0.2) is 5.82 Å². The van der Waals surface area contributed by atoms with Gasteiger partial charge in [-0.15, -0.1) is 0 Å². The van der Waals surface area contributed by atoms with Crippen molar-refractivity contribution in [3.63, 3.8) is 0 Å². The lowest BCUT2D eigenvalue weighted by atomic mass is 10.1. The third-order valence-corrected chi connectivity index (χ3v) is 2.66. The number of carboxylic acid groups (broad SMARTS) is 1. The number of hydrogen-bond acceptors (Lipinski definition) is 5. The average Bonchev–Trinajstić information content (AvgIpc) is 2.74. The number of nitrogens with zero attached hydrogens (tertiary/aromatic N) is 4. The summed E-state index contributed by atoms with van der Waals surface area (Å²) < 4.78 is 1.63. The van der Waals surface area contributed by atoms with Gasteiger partial charge in [0.2, 0.25) is 0 Å². The first-order valence-electron chi connectivity index (χ1n) is 5.85. The van der Waals surface area contributed by atoms with E-state index in [1.807, 2.05) is 0 Å². The van der Waals surface area contributed by atoms with E-state index >= 15 is 0 Å². The van der Waals surface area contributed by atoms with Gasteiger partial charge < -0.3 is 10.4 Å². The third-order valence-electron chi connectivity index (χ3n) is 2.66. The molecule has 0 fully saturated rings. The van der Waals surface area contributed by atoms with Crippen molar-refractivity contribution in [3.05, 3.63) is 35.5 Å². The van der Waals surface area contributed by atoms with Gasteiger partial charge in [-0.1, -0.05) is 0 Å². The van der Waals surface area contributed by atoms with Crippen LogP contribution in [0.1, 0.15) is 21.7 Å². The second-order valence-electron chi connectivity index (χ2n) is 4.17. The molecule has 0 aromatic carbocycles. The van der Waals surface area contributed by atoms with Crippen LogP contribution in [0.25, 0.3) is 0 Å². The smallest absolute Gasteiger partial charge is 0.339 e. The molecule has 0 aliphatic rings. The molecule has 7 heteroatoms. The van der Waals surface area contributed by atoms with E-state index in [9.17, 15) is 4.79 Å². The average molecular weight is 261 g/mol. The summed E-state index contributed by atoms with van der Waals surface area (Å²) in [6.07, 6.45) is 3.82. The Bertz CT molecular complexity index is 594. The fourth-order valence-corrected chi connectivity index (χ4v) is 1.75. The minimum Gasteiger partial charge on any atom is -0.478 e. The van der Waals surface area contributed by atoms with Gasteiger partial charge in [-0.25, -0.2) is 14.8 Å². The zero-order valence-corrected chi connectivity index (χ0v) is 10.8. The highest BCUT2D eigenvalue weighted by Gasteiger charge is 2.13. The van der Waals surface area contributed by atoms with Gasteiger partial charge in [0.25, 0.3) is 0 Å². The normalized spacial score (nSPS) is 10.4. The highest BCUT2D eigenvalue weighted by molar-refractivity contribution is 5.94. The number of hydrogen-bond donors (Lipinski definition) is 2. The van der Waals surface area contributed by atoms with Gasteiger partial charge in [0, 0.05) is 26.2 Å². The van der Waals surface area contributed by atoms with Crippen LogP contribution < -0.4 is 5.32 Å². The highest BCUT2D eigenvalue weighted by Crippen LogP contribution is 2.16. The molecule has 0 radical (unpaired) electrons. The summed E-state index contributed by atoms with van der Waals surface area (Å²) in [6, 6.07) is 1.68. The summed E-state index contributed by atoms with van der Waals surface area (Å²) in [6.45, 7) is 2.28. The van der Waals surface area contributed by atoms with Crippen LogP contribution in [0.2, 0.25) is 0 Å². The van der Waals surface area contributed by atoms with Crippen molar-refractivity contribution in [2.24, 2.45) is 7.05 Å². The number of carbonyl (C=O) groups is 1. The van der Waals surface area contributed by atoms with Crippen molar-refractivity contribution >= 4 is 11.8 Å². The second-order valence-corrected chi connectivity index (χ2v) is 4.17. The molecule has 7 nitrogen and oxygen atoms in total. The molecule has 0 bridgehead atoms. The molecule has 0 saturated carbocycles. The second kappa shape index (κ2) is 5.47. The van der Waals surface area contributed by atoms with Crippen LogP contribution in [0.15, 0.2) is 18.6 Å². The molecule has 100 valence electrons. The molecule has 19 heavy (non-hydrogen) atoms. The number of aromatic nitrogens is 4. The van der Waals surface area contributed by atoms with Crippen molar-refractivity contribution in [3.8, 4) is 0 Å². The molecule has 0 amide bonds. The molecule has 0 unspecified atom stereocenters. The summed E-state index contributed by atoms with van der Waals surface area (Å²) >= 11 is 0. The van der Waals surface area contributed by atoms with Crippen LogP contribution in [0.5, 0.6) is 0 Å². The van der Waals surface area contributed by atoms with Crippen molar-refractivity contribution in [2.45, 2.75) is 13.3 Å². The maximum atomic E-state index is 11.2. The summed E-state index contributed by atoms with van der Waals surface area (Å²) in [5.41, 5.74) is 0.887. The maximum Gasteiger partial charge on any atom is 0.339 e. The van der Waals surface area contributed by atoms with Crippen LogP contribution >= 0.6 is 0 Å². The number of rotatable bonds is 5. The molecule has 2 rings (SSSR count). The van der Waals surface area contributed by atoms with Gasteiger partial charge in [-0.3, -0.25) is 4.68 Å². The van der Waals surface area contributed by atoms with Crippen molar-refractivity contribution < 1.29 is 9.90 Å². The predicted octanol–water partition coefficient (Wildman–Crippen LogP) is 0.871. The van der Waals surface area contributed by atoms with E-state index in [1.165, 1.54) is 0 Å². The van der Waals surface area contributed by atoms with E-state index in [0.717, 1.165) is 0 Å². The number of nitrogens with one attached hydrogen (secondary N) is 1. The van der Waals surface area contributed by atoms with Crippen LogP contribution in [0, 0.1) is 6.92 Å². The molecule has 0 atom stereocenters. The molecule has 0 aliphatic heterocycles. The van der Waals surface area contributed by atoms with Crippen LogP contribution in [0.3, 0.4) is 0 Å². The van der Waals surface area contributed by atoms with E-state index in [4.69, 9.17) is 5.11 Å². The molecule has 0 saturated heterocycles. The zero-order valence-electron chi connectivity index (χ0n) is 10.8. The summed E-state index contributed by atoms with van der Waals surface area (Å²) in [5, 5.41) is 16.3. The monoisotopic (exact) mass is 261 g/mol. The largest absolute Gasteiger partial charge is 0.478 e. The van der Waals surface area contributed by atoms with E-state index in [1.54, 1.807) is 37.2 Å². The number of aryl methyl sites for hydroxylation is 2. The van der Waals surface area contributed by atoms with Crippen LogP contribution in [-0.4, -0.2) is 37.4 Å². The zero-order chi connectivity index (χ0) is 13.8. The third kappa shape index (κ3) is 3.06. The number of anilines is 1. The molecule has 2 heterocycles. The quantitative estimate of drug-likeness (QED) is 0.829. The molecular formula is C12H15N5O2. The molecular weight excluding hydrogens is 246 g/mol. The van der Waals surface area contributed by atoms with Crippen molar-refractivity contribution in [1.29, 1.82) is 0 Å². The Hall–Kier alpha value is -2.44. The fraction of sp³-hybridized carbons (Fsp3) is 0.333. The van der Waals surface area contributed by atoms with Crippen LogP contribution in [0.4, 0.5) is 5.82 Å². The van der Waals surface area contributed by atoms with E-state index in [2.05, 4.69) is 20.4 Å². The Morgan fingerprint density at radius 3 is 2.89 bits per heavy atom. The first-order valence-corrected chi connectivity index (χ1v) is 5.85. The number of aromatic carboxylic acids is 1. The molecule has 0 spiro atoms. The molecule has 2 aromatic heterocycles. The van der Waals surface area contributed by atoms with Gasteiger partial charge >= 0.3 is 5.97 Å². The Morgan fingerprint density at radius 2 is 2.26 bits per heavy atom. The fourth-order valence-electron chi connectivity index (χ4n) is 1.75. The first kappa shape index (κ1) is 13.0. The lowest BCUT2D eigenvalue weighted by Crippen LogP contribution is -2.13. The predicted molar refractivity (Wildman–Crippen MR) is 69.1 cm³/mol. The van der Waals surface area contributed by atoms with Crippen LogP contribution in [-0.2, 0) is 13.5 Å². The minimum atomic E-state index is -0.982. The molecule has 2 N–H and O–H groups in total. The van der Waals surface area contributed by atoms with E-state index < -0.39 is 5.97 Å². The van der Waals surface area contributed by atoms with Gasteiger partial charge in [-0.2, -0.15) is 5.10 Å². The van der Waals surface area contributed by atoms with Gasteiger partial charge in [0.05, 0.1) is 0 Å². The first-order chi connectivity index (χ1) is 9.08. The maximum absolute atomic E-state index is 11.2. The Labute approximate surface area is 110 Å². The van der Waals surface area contributed by atoms with Crippen molar-refractivity contribution in [2.75, 3.05) is 11.9 Å². The van der Waals surface area contributed by atoms with Gasteiger partial charge in [-0.05, 0) is 18.6 Å². The van der Waals surface area contributed by atoms with E-state index in [0.29, 0.717) is 30.2 Å². The van der Waals surface area contributed by atoms with Gasteiger partial charge in [0.1, 0.15) is 17.7 Å². The number of carboxylic acids is 1. The standard InChI is InChI=1S/C12H15N5O2/c1-8-3-5-13-11(10(8)12(18)19)14-6-4-9-15-7-17(2)16-9/h3,5,7H,4,6H2,1-2H3,(H,13,14)(H,18,19). The topological polar surface area (TPSA) is 92.9 Å². The molecule has 0 aliphatic carbocycles. The Balaban J connectivity index is 2.03. The summed E-state index contributed by atoms with van der Waals surface area (Å²) in [4.78, 5) is 19.3. The lowest BCUT2D eigenvalue weighted by molar-refractivity contribution is 0.0697. The number of pyridine rings is 1. The SMILES string of the molecule is Cc1ccnc(NCCc2ncn(C)n2)c1C(=O)O. The summed E-state index contributed by atoms with van der Waals surface area (Å²) in [5.74, 6) is 0.104. The Morgan fingerprint density at radius 1 is 1.47 bits per heavy atom. The van der Waals surface area contributed by atoms with Crippen molar-refractivity contribution in [1.82, 2.24) is 19.7 Å².